The molecule has 6 heteroatoms. The maximum absolute atomic E-state index is 11.8. The number of fused-ring (bicyclic) bond motifs is 1. The molecule has 2 atom stereocenters. The molecule has 2 unspecified atom stereocenters. The Labute approximate surface area is 141 Å². The van der Waals surface area contributed by atoms with Crippen LogP contribution in [0.15, 0.2) is 28.8 Å². The maximum Gasteiger partial charge on any atom is 0.309 e. The topological polar surface area (TPSA) is 52.3 Å². The average Bonchev–Trinajstić information content (AvgIpc) is 2.87. The first kappa shape index (κ1) is 15.6. The lowest BCUT2D eigenvalue weighted by Crippen LogP contribution is -2.17. The monoisotopic (exact) mass is 383 g/mol. The van der Waals surface area contributed by atoms with E-state index in [1.165, 1.54) is 7.11 Å². The number of rotatable bonds is 2. The van der Waals surface area contributed by atoms with Gasteiger partial charge in [-0.25, -0.2) is 0 Å². The standard InChI is InChI=1S/C16H15BrClNO3/c1-21-16(20)10-4-7-12(17)14-13(8-10)22-19-15(14)9-2-5-11(18)6-3-9/h2-3,5-6,10,12H,4,7-8H2,1H3. The van der Waals surface area contributed by atoms with E-state index >= 15 is 0 Å². The van der Waals surface area contributed by atoms with E-state index in [4.69, 9.17) is 20.9 Å². The first-order chi connectivity index (χ1) is 10.6. The lowest BCUT2D eigenvalue weighted by molar-refractivity contribution is -0.145. The molecule has 1 aliphatic rings. The molecule has 3 rings (SSSR count). The van der Waals surface area contributed by atoms with Crippen LogP contribution in [-0.2, 0) is 16.0 Å². The number of benzene rings is 1. The number of hydrogen-bond donors (Lipinski definition) is 0. The predicted molar refractivity (Wildman–Crippen MR) is 87.1 cm³/mol. The van der Waals surface area contributed by atoms with Gasteiger partial charge in [-0.2, -0.15) is 0 Å². The summed E-state index contributed by atoms with van der Waals surface area (Å²) in [5, 5.41) is 4.89. The lowest BCUT2D eigenvalue weighted by Gasteiger charge is -2.10. The van der Waals surface area contributed by atoms with Crippen molar-refractivity contribution >= 4 is 33.5 Å². The molecule has 1 aromatic carbocycles. The number of carbonyl (C=O) groups is 1. The smallest absolute Gasteiger partial charge is 0.309 e. The van der Waals surface area contributed by atoms with E-state index in [2.05, 4.69) is 21.1 Å². The van der Waals surface area contributed by atoms with Crippen molar-refractivity contribution in [2.75, 3.05) is 7.11 Å². The van der Waals surface area contributed by atoms with E-state index in [1.807, 2.05) is 24.3 Å². The minimum Gasteiger partial charge on any atom is -0.469 e. The Morgan fingerprint density at radius 2 is 2.09 bits per heavy atom. The zero-order valence-corrected chi connectivity index (χ0v) is 14.4. The van der Waals surface area contributed by atoms with E-state index < -0.39 is 0 Å². The Morgan fingerprint density at radius 3 is 2.77 bits per heavy atom. The Bertz CT molecular complexity index is 683. The Balaban J connectivity index is 1.99. The van der Waals surface area contributed by atoms with Gasteiger partial charge in [-0.15, -0.1) is 0 Å². The highest BCUT2D eigenvalue weighted by atomic mass is 79.9. The zero-order chi connectivity index (χ0) is 15.7. The molecular formula is C16H15BrClNO3. The molecule has 0 amide bonds. The van der Waals surface area contributed by atoms with Crippen molar-refractivity contribution in [1.82, 2.24) is 5.16 Å². The number of nitrogens with zero attached hydrogens (tertiary/aromatic N) is 1. The zero-order valence-electron chi connectivity index (χ0n) is 12.0. The van der Waals surface area contributed by atoms with E-state index in [0.717, 1.165) is 35.4 Å². The van der Waals surface area contributed by atoms with Crippen molar-refractivity contribution in [3.63, 3.8) is 0 Å². The molecule has 0 saturated heterocycles. The van der Waals surface area contributed by atoms with Crippen LogP contribution in [0.5, 0.6) is 0 Å². The van der Waals surface area contributed by atoms with Gasteiger partial charge < -0.3 is 9.26 Å². The van der Waals surface area contributed by atoms with E-state index in [0.29, 0.717) is 11.4 Å². The van der Waals surface area contributed by atoms with Crippen LogP contribution in [0.4, 0.5) is 0 Å². The second-order valence-corrected chi connectivity index (χ2v) is 6.89. The molecule has 1 aromatic heterocycles. The molecule has 1 aliphatic carbocycles. The van der Waals surface area contributed by atoms with Crippen LogP contribution in [-0.4, -0.2) is 18.2 Å². The summed E-state index contributed by atoms with van der Waals surface area (Å²) in [4.78, 5) is 11.9. The molecular weight excluding hydrogens is 370 g/mol. The first-order valence-corrected chi connectivity index (χ1v) is 8.35. The van der Waals surface area contributed by atoms with Crippen molar-refractivity contribution in [3.8, 4) is 11.3 Å². The van der Waals surface area contributed by atoms with E-state index in [1.54, 1.807) is 0 Å². The number of methoxy groups -OCH3 is 1. The van der Waals surface area contributed by atoms with Crippen LogP contribution >= 0.6 is 27.5 Å². The second kappa shape index (κ2) is 6.42. The Hall–Kier alpha value is -1.33. The number of esters is 1. The number of halogens is 2. The second-order valence-electron chi connectivity index (χ2n) is 5.34. The molecule has 0 bridgehead atoms. The minimum absolute atomic E-state index is 0.106. The van der Waals surface area contributed by atoms with Gasteiger partial charge in [0.05, 0.1) is 13.0 Å². The van der Waals surface area contributed by atoms with Gasteiger partial charge in [-0.3, -0.25) is 4.79 Å². The van der Waals surface area contributed by atoms with Gasteiger partial charge >= 0.3 is 5.97 Å². The fraction of sp³-hybridized carbons (Fsp3) is 0.375. The minimum atomic E-state index is -0.197. The van der Waals surface area contributed by atoms with Gasteiger partial charge in [-0.1, -0.05) is 44.8 Å². The van der Waals surface area contributed by atoms with Gasteiger partial charge in [0, 0.05) is 27.4 Å². The normalized spacial score (nSPS) is 21.0. The van der Waals surface area contributed by atoms with Gasteiger partial charge in [0.25, 0.3) is 0 Å². The fourth-order valence-corrected chi connectivity index (χ4v) is 3.67. The third-order valence-electron chi connectivity index (χ3n) is 3.97. The molecule has 4 nitrogen and oxygen atoms in total. The predicted octanol–water partition coefficient (Wildman–Crippen LogP) is 4.56. The van der Waals surface area contributed by atoms with Gasteiger partial charge in [-0.05, 0) is 25.0 Å². The van der Waals surface area contributed by atoms with Gasteiger partial charge in [0.1, 0.15) is 11.5 Å². The highest BCUT2D eigenvalue weighted by Crippen LogP contribution is 2.42. The highest BCUT2D eigenvalue weighted by Gasteiger charge is 2.32. The van der Waals surface area contributed by atoms with Crippen LogP contribution in [0.3, 0.4) is 0 Å². The van der Waals surface area contributed by atoms with Crippen LogP contribution in [0.2, 0.25) is 5.02 Å². The molecule has 2 aromatic rings. The van der Waals surface area contributed by atoms with Gasteiger partial charge in [0.2, 0.25) is 0 Å². The highest BCUT2D eigenvalue weighted by molar-refractivity contribution is 9.09. The van der Waals surface area contributed by atoms with Crippen LogP contribution in [0.25, 0.3) is 11.3 Å². The SMILES string of the molecule is COC(=O)C1CCC(Br)c2c(-c3ccc(Cl)cc3)noc2C1. The molecule has 22 heavy (non-hydrogen) atoms. The first-order valence-electron chi connectivity index (χ1n) is 7.06. The van der Waals surface area contributed by atoms with Crippen molar-refractivity contribution in [1.29, 1.82) is 0 Å². The molecule has 116 valence electrons. The third-order valence-corrected chi connectivity index (χ3v) is 5.14. The molecule has 0 radical (unpaired) electrons. The summed E-state index contributed by atoms with van der Waals surface area (Å²) in [7, 11) is 1.42. The third kappa shape index (κ3) is 2.92. The van der Waals surface area contributed by atoms with Crippen molar-refractivity contribution in [2.24, 2.45) is 5.92 Å². The molecule has 0 aliphatic heterocycles. The average molecular weight is 385 g/mol. The summed E-state index contributed by atoms with van der Waals surface area (Å²) < 4.78 is 10.4. The fourth-order valence-electron chi connectivity index (χ4n) is 2.80. The van der Waals surface area contributed by atoms with Crippen molar-refractivity contribution in [2.45, 2.75) is 24.1 Å². The molecule has 0 spiro atoms. The molecule has 0 saturated carbocycles. The summed E-state index contributed by atoms with van der Waals surface area (Å²) in [6.45, 7) is 0. The molecule has 1 heterocycles. The number of alkyl halides is 1. The maximum atomic E-state index is 11.8. The number of hydrogen-bond acceptors (Lipinski definition) is 4. The summed E-state index contributed by atoms with van der Waals surface area (Å²) in [6, 6.07) is 7.50. The Kier molecular flexibility index (Phi) is 4.54. The quantitative estimate of drug-likeness (QED) is 0.433. The molecule has 0 fully saturated rings. The van der Waals surface area contributed by atoms with Crippen LogP contribution in [0, 0.1) is 5.92 Å². The molecule has 0 N–H and O–H groups in total. The van der Waals surface area contributed by atoms with Crippen LogP contribution < -0.4 is 0 Å². The number of ether oxygens (including phenoxy) is 1. The van der Waals surface area contributed by atoms with Gasteiger partial charge in [0.15, 0.2) is 0 Å². The number of carbonyl (C=O) groups excluding carboxylic acids is 1. The summed E-state index contributed by atoms with van der Waals surface area (Å²) >= 11 is 9.64. The lowest BCUT2D eigenvalue weighted by atomic mass is 10.0. The van der Waals surface area contributed by atoms with Crippen molar-refractivity contribution in [3.05, 3.63) is 40.6 Å². The summed E-state index contributed by atoms with van der Waals surface area (Å²) in [5.74, 6) is 0.369. The summed E-state index contributed by atoms with van der Waals surface area (Å²) in [5.41, 5.74) is 2.78. The van der Waals surface area contributed by atoms with Crippen LogP contribution in [0.1, 0.15) is 29.0 Å². The van der Waals surface area contributed by atoms with E-state index in [-0.39, 0.29) is 16.7 Å². The Morgan fingerprint density at radius 1 is 1.36 bits per heavy atom. The number of aromatic nitrogens is 1. The summed E-state index contributed by atoms with van der Waals surface area (Å²) in [6.07, 6.45) is 2.10. The largest absolute Gasteiger partial charge is 0.469 e. The van der Waals surface area contributed by atoms with Crippen molar-refractivity contribution < 1.29 is 14.1 Å². The van der Waals surface area contributed by atoms with E-state index in [9.17, 15) is 4.79 Å².